The fraction of sp³-hybridized carbons (Fsp3) is 0.467. The van der Waals surface area contributed by atoms with E-state index in [4.69, 9.17) is 4.74 Å². The summed E-state index contributed by atoms with van der Waals surface area (Å²) >= 11 is 0. The number of hydrogen-bond acceptors (Lipinski definition) is 4. The van der Waals surface area contributed by atoms with Crippen LogP contribution in [0.1, 0.15) is 30.1 Å². The summed E-state index contributed by atoms with van der Waals surface area (Å²) in [6.07, 6.45) is -9.64. The molecule has 134 valence electrons. The molecular formula is C15H15F5O4. The molecule has 0 saturated carbocycles. The van der Waals surface area contributed by atoms with Gasteiger partial charge in [-0.25, -0.2) is 13.6 Å². The van der Waals surface area contributed by atoms with Gasteiger partial charge in [-0.2, -0.15) is 13.2 Å². The van der Waals surface area contributed by atoms with Crippen molar-refractivity contribution in [1.29, 1.82) is 0 Å². The Hall–Kier alpha value is -2.19. The summed E-state index contributed by atoms with van der Waals surface area (Å²) in [7, 11) is 0. The lowest BCUT2D eigenvalue weighted by Gasteiger charge is -2.25. The highest BCUT2D eigenvalue weighted by atomic mass is 19.4. The van der Waals surface area contributed by atoms with Crippen molar-refractivity contribution in [3.63, 3.8) is 0 Å². The summed E-state index contributed by atoms with van der Waals surface area (Å²) in [5, 5.41) is 0. The molecule has 1 aromatic rings. The van der Waals surface area contributed by atoms with Crippen LogP contribution in [0.4, 0.5) is 22.0 Å². The zero-order valence-electron chi connectivity index (χ0n) is 12.6. The fourth-order valence-electron chi connectivity index (χ4n) is 1.69. The van der Waals surface area contributed by atoms with E-state index in [9.17, 15) is 31.5 Å². The third-order valence-corrected chi connectivity index (χ3v) is 2.77. The van der Waals surface area contributed by atoms with Crippen LogP contribution in [0.2, 0.25) is 0 Å². The SMILES string of the molecule is CC(F)(F)C(OC(=O)CCCOC(=O)c1ccccc1)C(F)(F)F. The first-order valence-corrected chi connectivity index (χ1v) is 6.88. The lowest BCUT2D eigenvalue weighted by atomic mass is 10.2. The number of rotatable bonds is 7. The Bertz CT molecular complexity index is 537. The van der Waals surface area contributed by atoms with Crippen LogP contribution in [-0.2, 0) is 14.3 Å². The molecule has 0 heterocycles. The maximum atomic E-state index is 12.9. The molecule has 1 unspecified atom stereocenters. The molecule has 0 radical (unpaired) electrons. The van der Waals surface area contributed by atoms with E-state index in [1.807, 2.05) is 0 Å². The summed E-state index contributed by atoms with van der Waals surface area (Å²) in [6, 6.07) is 7.89. The first kappa shape index (κ1) is 19.9. The summed E-state index contributed by atoms with van der Waals surface area (Å²) < 4.78 is 71.6. The van der Waals surface area contributed by atoms with Gasteiger partial charge < -0.3 is 9.47 Å². The molecule has 0 aromatic heterocycles. The van der Waals surface area contributed by atoms with Gasteiger partial charge in [0.05, 0.1) is 12.2 Å². The summed E-state index contributed by atoms with van der Waals surface area (Å²) in [6.45, 7) is -0.248. The summed E-state index contributed by atoms with van der Waals surface area (Å²) in [5.74, 6) is -6.37. The van der Waals surface area contributed by atoms with Crippen molar-refractivity contribution in [3.8, 4) is 0 Å². The minimum absolute atomic E-state index is 0.0140. The number of carbonyl (C=O) groups is 2. The minimum atomic E-state index is -5.38. The van der Waals surface area contributed by atoms with E-state index in [0.717, 1.165) is 0 Å². The van der Waals surface area contributed by atoms with Gasteiger partial charge in [-0.3, -0.25) is 4.79 Å². The molecular weight excluding hydrogens is 339 g/mol. The zero-order chi connectivity index (χ0) is 18.4. The van der Waals surface area contributed by atoms with Crippen LogP contribution in [0.25, 0.3) is 0 Å². The normalized spacial score (nSPS) is 13.2. The van der Waals surface area contributed by atoms with Crippen LogP contribution in [0.15, 0.2) is 30.3 Å². The van der Waals surface area contributed by atoms with Crippen LogP contribution >= 0.6 is 0 Å². The Balaban J connectivity index is 2.40. The highest BCUT2D eigenvalue weighted by Gasteiger charge is 2.56. The average Bonchev–Trinajstić information content (AvgIpc) is 2.47. The molecule has 9 heteroatoms. The van der Waals surface area contributed by atoms with Crippen LogP contribution in [0, 0.1) is 0 Å². The van der Waals surface area contributed by atoms with Gasteiger partial charge in [-0.1, -0.05) is 18.2 Å². The quantitative estimate of drug-likeness (QED) is 0.425. The van der Waals surface area contributed by atoms with Crippen LogP contribution in [0.5, 0.6) is 0 Å². The van der Waals surface area contributed by atoms with Crippen molar-refractivity contribution in [1.82, 2.24) is 0 Å². The number of ether oxygens (including phenoxy) is 2. The lowest BCUT2D eigenvalue weighted by molar-refractivity contribution is -0.273. The highest BCUT2D eigenvalue weighted by Crippen LogP contribution is 2.34. The van der Waals surface area contributed by atoms with E-state index < -0.39 is 36.6 Å². The van der Waals surface area contributed by atoms with E-state index in [0.29, 0.717) is 0 Å². The van der Waals surface area contributed by atoms with Crippen molar-refractivity contribution in [2.24, 2.45) is 0 Å². The second-order valence-electron chi connectivity index (χ2n) is 4.97. The van der Waals surface area contributed by atoms with Gasteiger partial charge in [0.2, 0.25) is 0 Å². The second-order valence-corrected chi connectivity index (χ2v) is 4.97. The molecule has 0 N–H and O–H groups in total. The van der Waals surface area contributed by atoms with E-state index >= 15 is 0 Å². The van der Waals surface area contributed by atoms with Crippen molar-refractivity contribution in [2.45, 2.75) is 38.0 Å². The zero-order valence-corrected chi connectivity index (χ0v) is 12.6. The van der Waals surface area contributed by atoms with Gasteiger partial charge in [0.25, 0.3) is 12.0 Å². The van der Waals surface area contributed by atoms with Gasteiger partial charge in [0.1, 0.15) is 0 Å². The number of halogens is 5. The number of carbonyl (C=O) groups excluding carboxylic acids is 2. The molecule has 0 spiro atoms. The monoisotopic (exact) mass is 354 g/mol. The molecule has 4 nitrogen and oxygen atoms in total. The predicted octanol–water partition coefficient (Wildman–Crippen LogP) is 3.75. The maximum absolute atomic E-state index is 12.9. The Morgan fingerprint density at radius 3 is 2.17 bits per heavy atom. The maximum Gasteiger partial charge on any atom is 0.431 e. The van der Waals surface area contributed by atoms with Crippen molar-refractivity contribution in [3.05, 3.63) is 35.9 Å². The second kappa shape index (κ2) is 8.07. The first-order valence-electron chi connectivity index (χ1n) is 6.88. The molecule has 0 aliphatic carbocycles. The van der Waals surface area contributed by atoms with Gasteiger partial charge >= 0.3 is 18.1 Å². The van der Waals surface area contributed by atoms with Gasteiger partial charge in [-0.05, 0) is 18.6 Å². The van der Waals surface area contributed by atoms with Gasteiger partial charge in [0, 0.05) is 13.3 Å². The van der Waals surface area contributed by atoms with Gasteiger partial charge in [-0.15, -0.1) is 0 Å². The smallest absolute Gasteiger partial charge is 0.431 e. The van der Waals surface area contributed by atoms with E-state index in [1.165, 1.54) is 12.1 Å². The molecule has 1 atom stereocenters. The number of benzene rings is 1. The Kier molecular flexibility index (Phi) is 6.68. The van der Waals surface area contributed by atoms with Crippen molar-refractivity contribution >= 4 is 11.9 Å². The average molecular weight is 354 g/mol. The van der Waals surface area contributed by atoms with E-state index in [2.05, 4.69) is 4.74 Å². The van der Waals surface area contributed by atoms with Crippen LogP contribution in [-0.4, -0.2) is 36.7 Å². The lowest BCUT2D eigenvalue weighted by Crippen LogP contribution is -2.46. The van der Waals surface area contributed by atoms with Crippen LogP contribution in [0.3, 0.4) is 0 Å². The number of esters is 2. The number of hydrogen-bond donors (Lipinski definition) is 0. The van der Waals surface area contributed by atoms with Crippen LogP contribution < -0.4 is 0 Å². The Morgan fingerprint density at radius 2 is 1.67 bits per heavy atom. The standard InChI is InChI=1S/C15H15F5O4/c1-14(16,17)13(15(18,19)20)24-11(21)8-5-9-23-12(22)10-6-3-2-4-7-10/h2-4,6-7,13H,5,8-9H2,1H3. The Labute approximate surface area is 134 Å². The molecule has 1 rings (SSSR count). The summed E-state index contributed by atoms with van der Waals surface area (Å²) in [5.41, 5.74) is 0.267. The molecule has 0 amide bonds. The van der Waals surface area contributed by atoms with E-state index in [1.54, 1.807) is 18.2 Å². The number of alkyl halides is 5. The molecule has 24 heavy (non-hydrogen) atoms. The molecule has 0 aliphatic rings. The highest BCUT2D eigenvalue weighted by molar-refractivity contribution is 5.89. The van der Waals surface area contributed by atoms with E-state index in [-0.39, 0.29) is 25.5 Å². The minimum Gasteiger partial charge on any atom is -0.462 e. The molecule has 0 saturated heterocycles. The van der Waals surface area contributed by atoms with Crippen molar-refractivity contribution in [2.75, 3.05) is 6.61 Å². The predicted molar refractivity (Wildman–Crippen MR) is 72.5 cm³/mol. The largest absolute Gasteiger partial charge is 0.462 e. The topological polar surface area (TPSA) is 52.6 Å². The Morgan fingerprint density at radius 1 is 1.08 bits per heavy atom. The third kappa shape index (κ3) is 6.51. The molecule has 0 fully saturated rings. The summed E-state index contributed by atoms with van der Waals surface area (Å²) in [4.78, 5) is 22.8. The van der Waals surface area contributed by atoms with Gasteiger partial charge in [0.15, 0.2) is 0 Å². The first-order chi connectivity index (χ1) is 11.0. The van der Waals surface area contributed by atoms with Crippen molar-refractivity contribution < 1.29 is 41.0 Å². The molecule has 0 aliphatic heterocycles. The third-order valence-electron chi connectivity index (χ3n) is 2.77. The fourth-order valence-corrected chi connectivity index (χ4v) is 1.69. The molecule has 1 aromatic carbocycles. The molecule has 0 bridgehead atoms.